The zero-order valence-corrected chi connectivity index (χ0v) is 17.1. The third-order valence-electron chi connectivity index (χ3n) is 4.37. The first kappa shape index (κ1) is 19.2. The van der Waals surface area contributed by atoms with Gasteiger partial charge >= 0.3 is 0 Å². The van der Waals surface area contributed by atoms with E-state index in [2.05, 4.69) is 105 Å². The molecule has 0 bridgehead atoms. The SMILES string of the molecule is C[C@@H]1C[C@H](C)SC([P+](C)(c2ccccc2)c2ccccc2)S1.[Cl-]. The van der Waals surface area contributed by atoms with Crippen molar-refractivity contribution >= 4 is 41.4 Å². The number of thioether (sulfide) groups is 2. The van der Waals surface area contributed by atoms with Gasteiger partial charge in [-0.15, -0.1) is 23.5 Å². The molecule has 0 radical (unpaired) electrons. The van der Waals surface area contributed by atoms with Crippen molar-refractivity contribution in [3.8, 4) is 0 Å². The molecule has 0 nitrogen and oxygen atoms in total. The summed E-state index contributed by atoms with van der Waals surface area (Å²) >= 11 is 4.40. The Hall–Kier alpha value is -0.140. The molecule has 0 amide bonds. The van der Waals surface area contributed by atoms with Crippen molar-refractivity contribution in [2.75, 3.05) is 6.66 Å². The molecule has 3 rings (SSSR count). The Morgan fingerprint density at radius 3 is 1.57 bits per heavy atom. The molecule has 0 aliphatic carbocycles. The highest BCUT2D eigenvalue weighted by Gasteiger charge is 2.49. The Bertz CT molecular complexity index is 556. The minimum Gasteiger partial charge on any atom is -1.00 e. The van der Waals surface area contributed by atoms with Crippen molar-refractivity contribution in [1.29, 1.82) is 0 Å². The molecule has 1 heterocycles. The van der Waals surface area contributed by atoms with Gasteiger partial charge in [-0.2, -0.15) is 0 Å². The van der Waals surface area contributed by atoms with Crippen LogP contribution in [0.25, 0.3) is 0 Å². The fourth-order valence-corrected chi connectivity index (χ4v) is 13.3. The number of benzene rings is 2. The van der Waals surface area contributed by atoms with Crippen LogP contribution in [-0.2, 0) is 0 Å². The summed E-state index contributed by atoms with van der Waals surface area (Å²) in [6.07, 6.45) is 1.33. The quantitative estimate of drug-likeness (QED) is 0.746. The van der Waals surface area contributed by atoms with Gasteiger partial charge in [-0.1, -0.05) is 50.2 Å². The van der Waals surface area contributed by atoms with Crippen LogP contribution in [0.5, 0.6) is 0 Å². The van der Waals surface area contributed by atoms with Gasteiger partial charge in [-0.25, -0.2) is 0 Å². The van der Waals surface area contributed by atoms with Crippen LogP contribution in [0.3, 0.4) is 0 Å². The Balaban J connectivity index is 0.00000192. The molecule has 1 unspecified atom stereocenters. The largest absolute Gasteiger partial charge is 1.00 e. The van der Waals surface area contributed by atoms with E-state index in [1.165, 1.54) is 17.0 Å². The summed E-state index contributed by atoms with van der Waals surface area (Å²) in [5.74, 6) is 0. The fourth-order valence-electron chi connectivity index (χ4n) is 3.12. The lowest BCUT2D eigenvalue weighted by Crippen LogP contribution is -3.00. The Labute approximate surface area is 156 Å². The van der Waals surface area contributed by atoms with Crippen molar-refractivity contribution in [2.45, 2.75) is 35.1 Å². The standard InChI is InChI=1S/C19H24PS2.ClH/c1-15-14-16(2)22-19(21-15)20(3,17-10-6-4-7-11-17)18-12-8-5-9-13-18;/h4-13,15-16,19H,14H2,1-3H3;1H/q+1;/p-1/t15-,16+,19?;. The lowest BCUT2D eigenvalue weighted by Gasteiger charge is -2.37. The zero-order chi connectivity index (χ0) is 15.6. The maximum Gasteiger partial charge on any atom is 0.169 e. The molecule has 1 aliphatic rings. The Morgan fingerprint density at radius 1 is 0.783 bits per heavy atom. The van der Waals surface area contributed by atoms with E-state index in [-0.39, 0.29) is 12.4 Å². The molecule has 0 spiro atoms. The van der Waals surface area contributed by atoms with E-state index in [0.717, 1.165) is 10.5 Å². The van der Waals surface area contributed by atoms with Crippen LogP contribution in [0.4, 0.5) is 0 Å². The molecule has 124 valence electrons. The van der Waals surface area contributed by atoms with Crippen LogP contribution in [-0.4, -0.2) is 21.5 Å². The Kier molecular flexibility index (Phi) is 6.92. The van der Waals surface area contributed by atoms with Crippen LogP contribution >= 0.6 is 30.8 Å². The first-order valence-corrected chi connectivity index (χ1v) is 12.1. The molecule has 0 saturated carbocycles. The molecule has 1 aliphatic heterocycles. The topological polar surface area (TPSA) is 0 Å². The van der Waals surface area contributed by atoms with E-state index >= 15 is 0 Å². The molecular formula is C19H24ClPS2. The molecule has 2 aromatic carbocycles. The Morgan fingerprint density at radius 2 is 1.17 bits per heavy atom. The molecule has 0 N–H and O–H groups in total. The van der Waals surface area contributed by atoms with Crippen molar-refractivity contribution in [1.82, 2.24) is 0 Å². The second-order valence-electron chi connectivity index (χ2n) is 6.18. The minimum atomic E-state index is -1.40. The summed E-state index contributed by atoms with van der Waals surface area (Å²) in [5, 5.41) is 4.58. The monoisotopic (exact) mass is 382 g/mol. The number of rotatable bonds is 3. The summed E-state index contributed by atoms with van der Waals surface area (Å²) in [7, 11) is -1.40. The normalized spacial score (nSPS) is 24.7. The first-order valence-electron chi connectivity index (χ1n) is 7.89. The van der Waals surface area contributed by atoms with Crippen LogP contribution in [0.15, 0.2) is 60.7 Å². The van der Waals surface area contributed by atoms with E-state index in [1.54, 1.807) is 0 Å². The lowest BCUT2D eigenvalue weighted by molar-refractivity contribution is -0.00000441. The van der Waals surface area contributed by atoms with Crippen molar-refractivity contribution in [3.63, 3.8) is 0 Å². The summed E-state index contributed by atoms with van der Waals surface area (Å²) in [6, 6.07) is 22.4. The van der Waals surface area contributed by atoms with Crippen LogP contribution in [0.2, 0.25) is 0 Å². The average molecular weight is 383 g/mol. The van der Waals surface area contributed by atoms with Gasteiger partial charge < -0.3 is 12.4 Å². The summed E-state index contributed by atoms with van der Waals surface area (Å²) in [5.41, 5.74) is 0. The second-order valence-corrected chi connectivity index (χ2v) is 14.0. The van der Waals surface area contributed by atoms with Gasteiger partial charge in [-0.05, 0) is 30.7 Å². The van der Waals surface area contributed by atoms with E-state index in [4.69, 9.17) is 0 Å². The summed E-state index contributed by atoms with van der Waals surface area (Å²) in [6.45, 7) is 7.33. The van der Waals surface area contributed by atoms with Crippen LogP contribution in [0, 0.1) is 0 Å². The average Bonchev–Trinajstić information content (AvgIpc) is 2.55. The van der Waals surface area contributed by atoms with Gasteiger partial charge in [0.2, 0.25) is 0 Å². The predicted octanol–water partition coefficient (Wildman–Crippen LogP) is 2.22. The van der Waals surface area contributed by atoms with E-state index in [9.17, 15) is 0 Å². The van der Waals surface area contributed by atoms with E-state index in [1.807, 2.05) is 0 Å². The maximum absolute atomic E-state index is 2.53. The van der Waals surface area contributed by atoms with E-state index < -0.39 is 7.26 Å². The van der Waals surface area contributed by atoms with E-state index in [0.29, 0.717) is 4.32 Å². The van der Waals surface area contributed by atoms with Gasteiger partial charge in [0.25, 0.3) is 0 Å². The molecule has 1 saturated heterocycles. The third-order valence-corrected chi connectivity index (χ3v) is 13.7. The third kappa shape index (κ3) is 4.10. The molecule has 23 heavy (non-hydrogen) atoms. The number of halogens is 1. The van der Waals surface area contributed by atoms with Crippen LogP contribution in [0.1, 0.15) is 20.3 Å². The minimum absolute atomic E-state index is 0. The molecular weight excluding hydrogens is 359 g/mol. The first-order chi connectivity index (χ1) is 10.6. The fraction of sp³-hybridized carbons (Fsp3) is 0.368. The smallest absolute Gasteiger partial charge is 0.169 e. The maximum atomic E-state index is 2.53. The number of hydrogen-bond acceptors (Lipinski definition) is 2. The highest BCUT2D eigenvalue weighted by molar-refractivity contribution is 8.29. The van der Waals surface area contributed by atoms with Crippen molar-refractivity contribution in [3.05, 3.63) is 60.7 Å². The predicted molar refractivity (Wildman–Crippen MR) is 108 cm³/mol. The van der Waals surface area contributed by atoms with Gasteiger partial charge in [-0.3, -0.25) is 0 Å². The molecule has 4 heteroatoms. The van der Waals surface area contributed by atoms with Crippen molar-refractivity contribution in [2.24, 2.45) is 0 Å². The molecule has 2 aromatic rings. The van der Waals surface area contributed by atoms with Gasteiger partial charge in [0.05, 0.1) is 13.9 Å². The second kappa shape index (κ2) is 8.30. The van der Waals surface area contributed by atoms with Gasteiger partial charge in [0, 0.05) is 10.5 Å². The van der Waals surface area contributed by atoms with Crippen molar-refractivity contribution < 1.29 is 12.4 Å². The van der Waals surface area contributed by atoms with Gasteiger partial charge in [0.1, 0.15) is 10.6 Å². The number of hydrogen-bond donors (Lipinski definition) is 0. The van der Waals surface area contributed by atoms with Gasteiger partial charge in [0.15, 0.2) is 4.32 Å². The van der Waals surface area contributed by atoms with Crippen LogP contribution < -0.4 is 23.0 Å². The highest BCUT2D eigenvalue weighted by Crippen LogP contribution is 2.67. The summed E-state index contributed by atoms with van der Waals surface area (Å²) in [4.78, 5) is 0. The molecule has 0 aromatic heterocycles. The zero-order valence-electron chi connectivity index (χ0n) is 13.9. The summed E-state index contributed by atoms with van der Waals surface area (Å²) < 4.78 is 0.663. The molecule has 1 fully saturated rings. The highest BCUT2D eigenvalue weighted by atomic mass is 35.5. The molecule has 3 atom stereocenters. The lowest BCUT2D eigenvalue weighted by atomic mass is 10.3.